The molecule has 2 fully saturated rings. The summed E-state index contributed by atoms with van der Waals surface area (Å²) in [7, 11) is -1.49. The number of hydrogen-bond acceptors (Lipinski definition) is 4. The van der Waals surface area contributed by atoms with Gasteiger partial charge in [-0.3, -0.25) is 4.99 Å². The van der Waals surface area contributed by atoms with Crippen LogP contribution < -0.4 is 15.4 Å². The first-order valence-electron chi connectivity index (χ1n) is 8.39. The summed E-state index contributed by atoms with van der Waals surface area (Å²) in [4.78, 5) is 6.84. The second-order valence-corrected chi connectivity index (χ2v) is 9.12. The van der Waals surface area contributed by atoms with Crippen LogP contribution in [0.25, 0.3) is 0 Å². The van der Waals surface area contributed by atoms with Gasteiger partial charge in [0.05, 0.1) is 6.26 Å². The molecule has 0 bridgehead atoms. The largest absolute Gasteiger partial charge is 0.355 e. The monoisotopic (exact) mass is 473 g/mol. The molecule has 1 aliphatic heterocycles. The van der Waals surface area contributed by atoms with Crippen molar-refractivity contribution in [3.63, 3.8) is 0 Å². The normalized spacial score (nSPS) is 21.2. The maximum absolute atomic E-state index is 11.4. The molecule has 0 atom stereocenters. The van der Waals surface area contributed by atoms with Gasteiger partial charge in [0.2, 0.25) is 10.0 Å². The van der Waals surface area contributed by atoms with Crippen LogP contribution in [0.4, 0.5) is 0 Å². The molecule has 1 saturated carbocycles. The Morgan fingerprint density at radius 1 is 1.21 bits per heavy atom. The van der Waals surface area contributed by atoms with E-state index in [9.17, 15) is 8.42 Å². The van der Waals surface area contributed by atoms with E-state index in [1.807, 2.05) is 13.8 Å². The molecule has 0 radical (unpaired) electrons. The van der Waals surface area contributed by atoms with Gasteiger partial charge in [-0.25, -0.2) is 13.1 Å². The Kier molecular flexibility index (Phi) is 8.21. The molecule has 1 heterocycles. The summed E-state index contributed by atoms with van der Waals surface area (Å²) in [6.07, 6.45) is 6.16. The van der Waals surface area contributed by atoms with Gasteiger partial charge in [-0.15, -0.1) is 24.0 Å². The molecule has 142 valence electrons. The lowest BCUT2D eigenvalue weighted by Gasteiger charge is -2.33. The van der Waals surface area contributed by atoms with E-state index in [0.717, 1.165) is 37.9 Å². The standard InChI is InChI=1S/C15H31N5O2S.HI/c1-15(2,19-23(4,21)22)11-17-14(16-3)18-12-7-9-20(10-8-12)13-5-6-13;/h12-13,19H,5-11H2,1-4H3,(H2,16,17,18);1H. The quantitative estimate of drug-likeness (QED) is 0.301. The third-order valence-electron chi connectivity index (χ3n) is 4.32. The molecule has 0 unspecified atom stereocenters. The zero-order valence-electron chi connectivity index (χ0n) is 15.1. The molecule has 1 aliphatic carbocycles. The molecule has 7 nitrogen and oxygen atoms in total. The fraction of sp³-hybridized carbons (Fsp3) is 0.933. The van der Waals surface area contributed by atoms with Gasteiger partial charge in [0.15, 0.2) is 5.96 Å². The van der Waals surface area contributed by atoms with Crippen LogP contribution in [0.5, 0.6) is 0 Å². The van der Waals surface area contributed by atoms with Crippen molar-refractivity contribution in [2.75, 3.05) is 32.9 Å². The van der Waals surface area contributed by atoms with Gasteiger partial charge in [-0.05, 0) is 39.5 Å². The van der Waals surface area contributed by atoms with Crippen LogP contribution in [-0.2, 0) is 10.0 Å². The van der Waals surface area contributed by atoms with Crippen LogP contribution >= 0.6 is 24.0 Å². The van der Waals surface area contributed by atoms with Crippen LogP contribution in [0.1, 0.15) is 39.5 Å². The molecule has 9 heteroatoms. The highest BCUT2D eigenvalue weighted by Crippen LogP contribution is 2.29. The fourth-order valence-electron chi connectivity index (χ4n) is 3.08. The molecule has 2 aliphatic rings. The summed E-state index contributed by atoms with van der Waals surface area (Å²) in [5, 5.41) is 6.68. The van der Waals surface area contributed by atoms with Gasteiger partial charge in [-0.1, -0.05) is 0 Å². The van der Waals surface area contributed by atoms with Gasteiger partial charge in [-0.2, -0.15) is 0 Å². The Morgan fingerprint density at radius 2 is 1.79 bits per heavy atom. The van der Waals surface area contributed by atoms with Crippen molar-refractivity contribution in [2.24, 2.45) is 4.99 Å². The van der Waals surface area contributed by atoms with E-state index >= 15 is 0 Å². The number of likely N-dealkylation sites (tertiary alicyclic amines) is 1. The van der Waals surface area contributed by atoms with Crippen LogP contribution in [0.3, 0.4) is 0 Å². The molecule has 24 heavy (non-hydrogen) atoms. The zero-order chi connectivity index (χ0) is 17.1. The van der Waals surface area contributed by atoms with Crippen LogP contribution in [0, 0.1) is 0 Å². The van der Waals surface area contributed by atoms with E-state index in [4.69, 9.17) is 0 Å². The second-order valence-electron chi connectivity index (χ2n) is 7.37. The Balaban J connectivity index is 0.00000288. The average Bonchev–Trinajstić information content (AvgIpc) is 3.26. The topological polar surface area (TPSA) is 85.8 Å². The fourth-order valence-corrected chi connectivity index (χ4v) is 4.16. The number of nitrogens with one attached hydrogen (secondary N) is 3. The predicted octanol–water partition coefficient (Wildman–Crippen LogP) is 0.724. The number of piperidine rings is 1. The zero-order valence-corrected chi connectivity index (χ0v) is 18.3. The Labute approximate surface area is 163 Å². The minimum absolute atomic E-state index is 0. The Hall–Kier alpha value is -0.130. The highest BCUT2D eigenvalue weighted by atomic mass is 127. The van der Waals surface area contributed by atoms with E-state index in [0.29, 0.717) is 12.6 Å². The molecule has 3 N–H and O–H groups in total. The molecule has 2 rings (SSSR count). The van der Waals surface area contributed by atoms with E-state index in [1.165, 1.54) is 19.1 Å². The second kappa shape index (κ2) is 9.00. The van der Waals surface area contributed by atoms with E-state index in [1.54, 1.807) is 7.05 Å². The number of aliphatic imine (C=N–C) groups is 1. The van der Waals surface area contributed by atoms with Crippen molar-refractivity contribution in [1.82, 2.24) is 20.3 Å². The van der Waals surface area contributed by atoms with E-state index in [-0.39, 0.29) is 24.0 Å². The summed E-state index contributed by atoms with van der Waals surface area (Å²) in [5.41, 5.74) is -0.569. The summed E-state index contributed by atoms with van der Waals surface area (Å²) >= 11 is 0. The molecule has 0 amide bonds. The van der Waals surface area contributed by atoms with Gasteiger partial charge in [0.1, 0.15) is 0 Å². The van der Waals surface area contributed by atoms with Gasteiger partial charge < -0.3 is 15.5 Å². The number of nitrogens with zero attached hydrogens (tertiary/aromatic N) is 2. The lowest BCUT2D eigenvalue weighted by molar-refractivity contribution is 0.197. The molecule has 1 saturated heterocycles. The SMILES string of the molecule is CN=C(NCC(C)(C)NS(C)(=O)=O)NC1CCN(C2CC2)CC1.I. The molecular weight excluding hydrogens is 441 g/mol. The highest BCUT2D eigenvalue weighted by molar-refractivity contribution is 14.0. The van der Waals surface area contributed by atoms with E-state index in [2.05, 4.69) is 25.2 Å². The first-order chi connectivity index (χ1) is 10.7. The summed E-state index contributed by atoms with van der Waals surface area (Å²) in [6.45, 7) is 6.48. The minimum Gasteiger partial charge on any atom is -0.355 e. The first-order valence-corrected chi connectivity index (χ1v) is 10.3. The van der Waals surface area contributed by atoms with Crippen molar-refractivity contribution < 1.29 is 8.42 Å². The van der Waals surface area contributed by atoms with E-state index < -0.39 is 15.6 Å². The summed E-state index contributed by atoms with van der Waals surface area (Å²) in [6, 6.07) is 1.28. The van der Waals surface area contributed by atoms with Crippen molar-refractivity contribution in [3.8, 4) is 0 Å². The molecule has 0 aromatic heterocycles. The van der Waals surface area contributed by atoms with Crippen molar-refractivity contribution in [1.29, 1.82) is 0 Å². The van der Waals surface area contributed by atoms with Crippen molar-refractivity contribution in [3.05, 3.63) is 0 Å². The smallest absolute Gasteiger partial charge is 0.209 e. The lowest BCUT2D eigenvalue weighted by atomic mass is 10.0. The van der Waals surface area contributed by atoms with Gasteiger partial charge >= 0.3 is 0 Å². The predicted molar refractivity (Wildman–Crippen MR) is 110 cm³/mol. The molecule has 0 aromatic rings. The van der Waals surface area contributed by atoms with Crippen LogP contribution in [-0.4, -0.2) is 69.8 Å². The van der Waals surface area contributed by atoms with Crippen molar-refractivity contribution in [2.45, 2.75) is 57.2 Å². The third-order valence-corrected chi connectivity index (χ3v) is 5.24. The number of hydrogen-bond donors (Lipinski definition) is 3. The van der Waals surface area contributed by atoms with Crippen LogP contribution in [0.2, 0.25) is 0 Å². The number of rotatable bonds is 6. The number of halogens is 1. The molecule has 0 spiro atoms. The molecular formula is C15H32IN5O2S. The van der Waals surface area contributed by atoms with Crippen molar-refractivity contribution >= 4 is 40.0 Å². The minimum atomic E-state index is -3.23. The first kappa shape index (κ1) is 21.9. The number of guanidine groups is 1. The molecule has 0 aromatic carbocycles. The van der Waals surface area contributed by atoms with Crippen LogP contribution in [0.15, 0.2) is 4.99 Å². The third kappa shape index (κ3) is 7.83. The Morgan fingerprint density at radius 3 is 2.25 bits per heavy atom. The Bertz CT molecular complexity index is 526. The average molecular weight is 473 g/mol. The summed E-state index contributed by atoms with van der Waals surface area (Å²) in [5.74, 6) is 0.734. The maximum Gasteiger partial charge on any atom is 0.209 e. The summed E-state index contributed by atoms with van der Waals surface area (Å²) < 4.78 is 25.4. The number of sulfonamides is 1. The highest BCUT2D eigenvalue weighted by Gasteiger charge is 2.32. The van der Waals surface area contributed by atoms with Gasteiger partial charge in [0, 0.05) is 44.3 Å². The maximum atomic E-state index is 11.4. The van der Waals surface area contributed by atoms with Gasteiger partial charge in [0.25, 0.3) is 0 Å². The lowest BCUT2D eigenvalue weighted by Crippen LogP contribution is -2.55.